The number of hydrogen-bond acceptors (Lipinski definition) is 6. The molecule has 0 N–H and O–H groups in total. The molecule has 1 amide bonds. The molecule has 2 heterocycles. The Morgan fingerprint density at radius 1 is 1.11 bits per heavy atom. The molecule has 8 heteroatoms. The quantitative estimate of drug-likeness (QED) is 0.651. The Labute approximate surface area is 175 Å². The van der Waals surface area contributed by atoms with Crippen molar-refractivity contribution in [2.75, 3.05) is 20.0 Å². The van der Waals surface area contributed by atoms with E-state index in [9.17, 15) is 4.79 Å². The minimum atomic E-state index is -0.173. The molecule has 2 aromatic rings. The molecular formula is C20H18BrN3O3S. The number of carbonyl (C=O) groups excluding carboxylic acids is 1. The summed E-state index contributed by atoms with van der Waals surface area (Å²) >= 11 is 4.67. The van der Waals surface area contributed by atoms with Crippen LogP contribution in [0.5, 0.6) is 11.5 Å². The van der Waals surface area contributed by atoms with Crippen molar-refractivity contribution in [3.63, 3.8) is 0 Å². The van der Waals surface area contributed by atoms with E-state index in [1.807, 2.05) is 47.5 Å². The van der Waals surface area contributed by atoms with E-state index in [0.717, 1.165) is 21.3 Å². The predicted molar refractivity (Wildman–Crippen MR) is 115 cm³/mol. The van der Waals surface area contributed by atoms with Crippen molar-refractivity contribution >= 4 is 44.5 Å². The summed E-state index contributed by atoms with van der Waals surface area (Å²) < 4.78 is 11.8. The van der Waals surface area contributed by atoms with Gasteiger partial charge in [-0.1, -0.05) is 45.9 Å². The van der Waals surface area contributed by atoms with Crippen LogP contribution in [-0.4, -0.2) is 41.8 Å². The van der Waals surface area contributed by atoms with Gasteiger partial charge >= 0.3 is 5.24 Å². The van der Waals surface area contributed by atoms with Crippen LogP contribution in [0.2, 0.25) is 0 Å². The van der Waals surface area contributed by atoms with E-state index in [2.05, 4.69) is 20.9 Å². The molecule has 6 nitrogen and oxygen atoms in total. The molecular weight excluding hydrogens is 442 g/mol. The Balaban J connectivity index is 1.72. The lowest BCUT2D eigenvalue weighted by atomic mass is 9.98. The second-order valence-corrected chi connectivity index (χ2v) is 8.16. The molecule has 2 aromatic carbocycles. The van der Waals surface area contributed by atoms with Crippen LogP contribution in [0.15, 0.2) is 57.0 Å². The van der Waals surface area contributed by atoms with E-state index in [4.69, 9.17) is 14.6 Å². The zero-order valence-corrected chi connectivity index (χ0v) is 17.8. The molecule has 0 aromatic heterocycles. The van der Waals surface area contributed by atoms with E-state index in [1.165, 1.54) is 11.8 Å². The zero-order chi connectivity index (χ0) is 19.7. The van der Waals surface area contributed by atoms with Crippen molar-refractivity contribution in [1.82, 2.24) is 5.01 Å². The van der Waals surface area contributed by atoms with Gasteiger partial charge in [0.25, 0.3) is 0 Å². The number of hydrogen-bond donors (Lipinski definition) is 0. The first-order valence-corrected chi connectivity index (χ1v) is 10.5. The minimum Gasteiger partial charge on any atom is -0.493 e. The lowest BCUT2D eigenvalue weighted by molar-refractivity contribution is 0.267. The monoisotopic (exact) mass is 459 g/mol. The fourth-order valence-corrected chi connectivity index (χ4v) is 4.18. The number of rotatable bonds is 4. The molecule has 0 saturated carbocycles. The smallest absolute Gasteiger partial charge is 0.307 e. The van der Waals surface area contributed by atoms with Gasteiger partial charge < -0.3 is 9.47 Å². The Bertz CT molecular complexity index is 975. The maximum Gasteiger partial charge on any atom is 0.307 e. The van der Waals surface area contributed by atoms with Crippen molar-refractivity contribution in [2.45, 2.75) is 12.5 Å². The molecule has 0 fully saturated rings. The Morgan fingerprint density at radius 3 is 2.50 bits per heavy atom. The van der Waals surface area contributed by atoms with Crippen molar-refractivity contribution in [2.24, 2.45) is 10.1 Å². The van der Waals surface area contributed by atoms with Crippen molar-refractivity contribution in [3.05, 3.63) is 58.1 Å². The highest BCUT2D eigenvalue weighted by Crippen LogP contribution is 2.38. The number of methoxy groups -OCH3 is 2. The first-order valence-electron chi connectivity index (χ1n) is 8.68. The van der Waals surface area contributed by atoms with Gasteiger partial charge in [0, 0.05) is 10.9 Å². The highest BCUT2D eigenvalue weighted by atomic mass is 79.9. The van der Waals surface area contributed by atoms with E-state index >= 15 is 0 Å². The van der Waals surface area contributed by atoms with Gasteiger partial charge in [0.1, 0.15) is 5.84 Å². The van der Waals surface area contributed by atoms with Gasteiger partial charge in [-0.2, -0.15) is 10.1 Å². The zero-order valence-electron chi connectivity index (χ0n) is 15.4. The number of ether oxygens (including phenoxy) is 2. The maximum absolute atomic E-state index is 11.7. The van der Waals surface area contributed by atoms with E-state index in [-0.39, 0.29) is 11.3 Å². The Kier molecular flexibility index (Phi) is 5.41. The molecule has 0 aliphatic carbocycles. The van der Waals surface area contributed by atoms with E-state index < -0.39 is 0 Å². The molecule has 0 spiro atoms. The third-order valence-electron chi connectivity index (χ3n) is 4.69. The molecule has 144 valence electrons. The number of amides is 1. The van der Waals surface area contributed by atoms with E-state index in [1.54, 1.807) is 14.2 Å². The van der Waals surface area contributed by atoms with Crippen LogP contribution in [0, 0.1) is 0 Å². The summed E-state index contributed by atoms with van der Waals surface area (Å²) in [5, 5.41) is 6.53. The van der Waals surface area contributed by atoms with Crippen LogP contribution in [0.1, 0.15) is 23.6 Å². The lowest BCUT2D eigenvalue weighted by Crippen LogP contribution is -2.27. The highest BCUT2D eigenvalue weighted by Gasteiger charge is 2.34. The van der Waals surface area contributed by atoms with Crippen LogP contribution in [0.3, 0.4) is 0 Å². The van der Waals surface area contributed by atoms with Crippen LogP contribution >= 0.6 is 27.7 Å². The molecule has 1 unspecified atom stereocenters. The van der Waals surface area contributed by atoms with Crippen molar-refractivity contribution < 1.29 is 14.3 Å². The SMILES string of the molecule is COc1ccc(C2CC(c3ccc(Br)cc3)=NN2C2=NC(=O)SC2)cc1OC. The summed E-state index contributed by atoms with van der Waals surface area (Å²) in [4.78, 5) is 15.8. The van der Waals surface area contributed by atoms with Crippen molar-refractivity contribution in [3.8, 4) is 11.5 Å². The van der Waals surface area contributed by atoms with Crippen LogP contribution in [0.25, 0.3) is 0 Å². The summed E-state index contributed by atoms with van der Waals surface area (Å²) in [5.74, 6) is 2.55. The van der Waals surface area contributed by atoms with Gasteiger partial charge in [0.2, 0.25) is 0 Å². The minimum absolute atomic E-state index is 0.0660. The second-order valence-electron chi connectivity index (χ2n) is 6.32. The summed E-state index contributed by atoms with van der Waals surface area (Å²) in [6.45, 7) is 0. The molecule has 1 atom stereocenters. The molecule has 2 aliphatic rings. The maximum atomic E-state index is 11.7. The lowest BCUT2D eigenvalue weighted by Gasteiger charge is -2.23. The third-order valence-corrected chi connectivity index (χ3v) is 5.96. The summed E-state index contributed by atoms with van der Waals surface area (Å²) in [7, 11) is 3.23. The van der Waals surface area contributed by atoms with Crippen LogP contribution < -0.4 is 9.47 Å². The molecule has 0 bridgehead atoms. The van der Waals surface area contributed by atoms with Gasteiger partial charge in [-0.25, -0.2) is 5.01 Å². The predicted octanol–water partition coefficient (Wildman–Crippen LogP) is 4.88. The van der Waals surface area contributed by atoms with Gasteiger partial charge in [-0.15, -0.1) is 0 Å². The first-order chi connectivity index (χ1) is 13.6. The molecule has 2 aliphatic heterocycles. The first kappa shape index (κ1) is 19.0. The summed E-state index contributed by atoms with van der Waals surface area (Å²) in [6, 6.07) is 13.9. The number of thioether (sulfide) groups is 1. The van der Waals surface area contributed by atoms with Crippen LogP contribution in [-0.2, 0) is 0 Å². The standard InChI is InChI=1S/C20H18BrN3O3S/c1-26-17-8-5-13(9-18(17)27-2)16-10-15(12-3-6-14(21)7-4-12)23-24(16)19-11-28-20(25)22-19/h3-9,16H,10-11H2,1-2H3. The Morgan fingerprint density at radius 2 is 1.86 bits per heavy atom. The topological polar surface area (TPSA) is 63.5 Å². The highest BCUT2D eigenvalue weighted by molar-refractivity contribution is 9.10. The number of nitrogens with zero attached hydrogens (tertiary/aromatic N) is 3. The summed E-state index contributed by atoms with van der Waals surface area (Å²) in [5.41, 5.74) is 3.04. The van der Waals surface area contributed by atoms with E-state index in [0.29, 0.717) is 29.5 Å². The molecule has 28 heavy (non-hydrogen) atoms. The van der Waals surface area contributed by atoms with Gasteiger partial charge in [0.05, 0.1) is 31.7 Å². The largest absolute Gasteiger partial charge is 0.493 e. The number of halogens is 1. The number of hydrazone groups is 1. The second kappa shape index (κ2) is 7.97. The van der Waals surface area contributed by atoms with Gasteiger partial charge in [0.15, 0.2) is 11.5 Å². The number of carbonyl (C=O) groups is 1. The average Bonchev–Trinajstić information content (AvgIpc) is 3.34. The molecule has 0 radical (unpaired) electrons. The number of aliphatic imine (C=N–C) groups is 1. The normalized spacial score (nSPS) is 18.9. The van der Waals surface area contributed by atoms with Crippen molar-refractivity contribution in [1.29, 1.82) is 0 Å². The Hall–Kier alpha value is -2.32. The summed E-state index contributed by atoms with van der Waals surface area (Å²) in [6.07, 6.45) is 0.703. The van der Waals surface area contributed by atoms with Gasteiger partial charge in [-0.05, 0) is 35.4 Å². The average molecular weight is 460 g/mol. The molecule has 0 saturated heterocycles. The molecule has 4 rings (SSSR count). The van der Waals surface area contributed by atoms with Gasteiger partial charge in [-0.3, -0.25) is 4.79 Å². The fourth-order valence-electron chi connectivity index (χ4n) is 3.30. The number of amidine groups is 1. The third kappa shape index (κ3) is 3.66. The van der Waals surface area contributed by atoms with Crippen LogP contribution in [0.4, 0.5) is 4.79 Å². The fraction of sp³-hybridized carbons (Fsp3) is 0.250. The number of benzene rings is 2.